The molecule has 0 rings (SSSR count). The van der Waals surface area contributed by atoms with Crippen LogP contribution in [0.1, 0.15) is 46.0 Å². The number of ether oxygens (including phenoxy) is 1. The van der Waals surface area contributed by atoms with Crippen LogP contribution in [0.15, 0.2) is 0 Å². The first-order valence-electron chi connectivity index (χ1n) is 4.78. The summed E-state index contributed by atoms with van der Waals surface area (Å²) < 4.78 is 4.96. The minimum absolute atomic E-state index is 0.0862. The Kier molecular flexibility index (Phi) is 8.19. The van der Waals surface area contributed by atoms with Crippen LogP contribution in [-0.4, -0.2) is 12.6 Å². The van der Waals surface area contributed by atoms with Crippen molar-refractivity contribution in [3.63, 3.8) is 0 Å². The van der Waals surface area contributed by atoms with Gasteiger partial charge in [-0.2, -0.15) is 0 Å². The van der Waals surface area contributed by atoms with E-state index in [4.69, 9.17) is 4.74 Å². The summed E-state index contributed by atoms with van der Waals surface area (Å²) in [5.74, 6) is -0.0862. The molecule has 0 heterocycles. The maximum Gasteiger partial charge on any atom is 0.306 e. The van der Waals surface area contributed by atoms with Gasteiger partial charge < -0.3 is 4.74 Å². The maximum absolute atomic E-state index is 10.9. The van der Waals surface area contributed by atoms with Gasteiger partial charge in [-0.15, -0.1) is 0 Å². The van der Waals surface area contributed by atoms with Gasteiger partial charge in [-0.25, -0.2) is 0 Å². The lowest BCUT2D eigenvalue weighted by atomic mass is 10.2. The second kappa shape index (κ2) is 8.57. The van der Waals surface area contributed by atoms with Gasteiger partial charge in [-0.1, -0.05) is 26.7 Å². The molecular formula is C10H19O2. The van der Waals surface area contributed by atoms with E-state index in [-0.39, 0.29) is 5.97 Å². The standard InChI is InChI=1S/C10H19O2/c1-3-5-7-8-10(11)12-9-6-4-2/h7H,3-6,8-9H2,1-2H3. The minimum atomic E-state index is -0.0862. The lowest BCUT2D eigenvalue weighted by Crippen LogP contribution is -2.05. The molecule has 0 aromatic carbocycles. The van der Waals surface area contributed by atoms with Gasteiger partial charge in [0.25, 0.3) is 0 Å². The molecule has 71 valence electrons. The predicted octanol–water partition coefficient (Wildman–Crippen LogP) is 2.72. The molecule has 0 aromatic rings. The van der Waals surface area contributed by atoms with Crippen LogP contribution in [0.3, 0.4) is 0 Å². The van der Waals surface area contributed by atoms with Crippen LogP contribution in [0.25, 0.3) is 0 Å². The van der Waals surface area contributed by atoms with Crippen molar-refractivity contribution < 1.29 is 9.53 Å². The third kappa shape index (κ3) is 7.58. The Morgan fingerprint density at radius 1 is 1.33 bits per heavy atom. The fourth-order valence-electron chi connectivity index (χ4n) is 0.813. The summed E-state index contributed by atoms with van der Waals surface area (Å²) in [4.78, 5) is 10.9. The summed E-state index contributed by atoms with van der Waals surface area (Å²) in [7, 11) is 0. The van der Waals surface area contributed by atoms with Crippen molar-refractivity contribution in [3.05, 3.63) is 6.42 Å². The summed E-state index contributed by atoms with van der Waals surface area (Å²) in [5, 5.41) is 0. The fourth-order valence-corrected chi connectivity index (χ4v) is 0.813. The van der Waals surface area contributed by atoms with Crippen LogP contribution in [0.2, 0.25) is 0 Å². The normalized spacial score (nSPS) is 9.83. The zero-order chi connectivity index (χ0) is 9.23. The van der Waals surface area contributed by atoms with E-state index in [0.29, 0.717) is 13.0 Å². The van der Waals surface area contributed by atoms with Crippen molar-refractivity contribution in [3.8, 4) is 0 Å². The number of hydrogen-bond acceptors (Lipinski definition) is 2. The summed E-state index contributed by atoms with van der Waals surface area (Å²) in [5.41, 5.74) is 0. The van der Waals surface area contributed by atoms with Crippen molar-refractivity contribution >= 4 is 5.97 Å². The van der Waals surface area contributed by atoms with E-state index < -0.39 is 0 Å². The van der Waals surface area contributed by atoms with Crippen LogP contribution in [0.5, 0.6) is 0 Å². The molecule has 0 N–H and O–H groups in total. The molecule has 0 aliphatic rings. The van der Waals surface area contributed by atoms with Gasteiger partial charge in [0.05, 0.1) is 6.61 Å². The van der Waals surface area contributed by atoms with Crippen LogP contribution >= 0.6 is 0 Å². The average molecular weight is 171 g/mol. The second-order valence-electron chi connectivity index (χ2n) is 2.86. The average Bonchev–Trinajstić information content (AvgIpc) is 2.06. The molecule has 0 fully saturated rings. The van der Waals surface area contributed by atoms with Crippen molar-refractivity contribution in [2.45, 2.75) is 46.0 Å². The summed E-state index contributed by atoms with van der Waals surface area (Å²) in [6.45, 7) is 4.76. The third-order valence-corrected chi connectivity index (χ3v) is 1.56. The smallest absolute Gasteiger partial charge is 0.306 e. The number of hydrogen-bond donors (Lipinski definition) is 0. The van der Waals surface area contributed by atoms with Crippen molar-refractivity contribution in [2.24, 2.45) is 0 Å². The van der Waals surface area contributed by atoms with Gasteiger partial charge >= 0.3 is 5.97 Å². The monoisotopic (exact) mass is 171 g/mol. The molecule has 0 spiro atoms. The van der Waals surface area contributed by atoms with E-state index in [0.717, 1.165) is 25.7 Å². The lowest BCUT2D eigenvalue weighted by Gasteiger charge is -2.02. The first kappa shape index (κ1) is 11.5. The van der Waals surface area contributed by atoms with Gasteiger partial charge in [0, 0.05) is 6.42 Å². The predicted molar refractivity (Wildman–Crippen MR) is 49.7 cm³/mol. The number of esters is 1. The molecule has 0 amide bonds. The second-order valence-corrected chi connectivity index (χ2v) is 2.86. The minimum Gasteiger partial charge on any atom is -0.466 e. The Balaban J connectivity index is 3.10. The molecule has 2 heteroatoms. The van der Waals surface area contributed by atoms with Gasteiger partial charge in [0.15, 0.2) is 0 Å². The highest BCUT2D eigenvalue weighted by atomic mass is 16.5. The summed E-state index contributed by atoms with van der Waals surface area (Å²) in [6.07, 6.45) is 6.60. The Bertz CT molecular complexity index is 98.4. The molecule has 0 saturated heterocycles. The Hall–Kier alpha value is -0.530. The van der Waals surface area contributed by atoms with Crippen LogP contribution in [0.4, 0.5) is 0 Å². The van der Waals surface area contributed by atoms with E-state index in [1.165, 1.54) is 0 Å². The molecule has 2 nitrogen and oxygen atoms in total. The van der Waals surface area contributed by atoms with E-state index in [2.05, 4.69) is 13.8 Å². The SMILES string of the molecule is CCC[CH]CC(=O)OCCCC. The van der Waals surface area contributed by atoms with Gasteiger partial charge in [0.1, 0.15) is 0 Å². The van der Waals surface area contributed by atoms with Crippen molar-refractivity contribution in [1.82, 2.24) is 0 Å². The Morgan fingerprint density at radius 2 is 2.08 bits per heavy atom. The molecule has 0 aliphatic heterocycles. The fraction of sp³-hybridized carbons (Fsp3) is 0.800. The highest BCUT2D eigenvalue weighted by molar-refractivity contribution is 5.70. The van der Waals surface area contributed by atoms with Crippen LogP contribution < -0.4 is 0 Å². The topological polar surface area (TPSA) is 26.3 Å². The van der Waals surface area contributed by atoms with Gasteiger partial charge in [-0.05, 0) is 19.3 Å². The molecule has 0 atom stereocenters. The number of unbranched alkanes of at least 4 members (excludes halogenated alkanes) is 3. The molecular weight excluding hydrogens is 152 g/mol. The molecule has 0 aliphatic carbocycles. The highest BCUT2D eigenvalue weighted by Gasteiger charge is 2.00. The van der Waals surface area contributed by atoms with E-state index >= 15 is 0 Å². The quantitative estimate of drug-likeness (QED) is 0.435. The van der Waals surface area contributed by atoms with E-state index in [9.17, 15) is 4.79 Å². The van der Waals surface area contributed by atoms with Crippen LogP contribution in [0, 0.1) is 6.42 Å². The van der Waals surface area contributed by atoms with Crippen molar-refractivity contribution in [1.29, 1.82) is 0 Å². The summed E-state index contributed by atoms with van der Waals surface area (Å²) >= 11 is 0. The summed E-state index contributed by atoms with van der Waals surface area (Å²) in [6, 6.07) is 0. The zero-order valence-electron chi connectivity index (χ0n) is 8.14. The third-order valence-electron chi connectivity index (χ3n) is 1.56. The first-order valence-corrected chi connectivity index (χ1v) is 4.78. The number of carbonyl (C=O) groups is 1. The highest BCUT2D eigenvalue weighted by Crippen LogP contribution is 1.99. The van der Waals surface area contributed by atoms with Crippen molar-refractivity contribution in [2.75, 3.05) is 6.61 Å². The van der Waals surface area contributed by atoms with Crippen LogP contribution in [-0.2, 0) is 9.53 Å². The number of carbonyl (C=O) groups excluding carboxylic acids is 1. The molecule has 12 heavy (non-hydrogen) atoms. The Labute approximate surface area is 75.3 Å². The maximum atomic E-state index is 10.9. The molecule has 0 aromatic heterocycles. The van der Waals surface area contributed by atoms with E-state index in [1.54, 1.807) is 0 Å². The molecule has 0 saturated carbocycles. The lowest BCUT2D eigenvalue weighted by molar-refractivity contribution is -0.143. The first-order chi connectivity index (χ1) is 5.81. The molecule has 0 bridgehead atoms. The number of rotatable bonds is 7. The molecule has 1 radical (unpaired) electrons. The molecule has 0 unspecified atom stereocenters. The zero-order valence-corrected chi connectivity index (χ0v) is 8.14. The largest absolute Gasteiger partial charge is 0.466 e. The van der Waals surface area contributed by atoms with Gasteiger partial charge in [0.2, 0.25) is 0 Å². The van der Waals surface area contributed by atoms with Gasteiger partial charge in [-0.3, -0.25) is 4.79 Å². The Morgan fingerprint density at radius 3 is 2.67 bits per heavy atom. The van der Waals surface area contributed by atoms with E-state index in [1.807, 2.05) is 6.42 Å².